The first-order valence-corrected chi connectivity index (χ1v) is 9.50. The predicted molar refractivity (Wildman–Crippen MR) is 106 cm³/mol. The minimum atomic E-state index is -0.0506. The first-order chi connectivity index (χ1) is 12.6. The number of nitrogens with zero attached hydrogens (tertiary/aromatic N) is 1. The van der Waals surface area contributed by atoms with E-state index in [1.54, 1.807) is 0 Å². The highest BCUT2D eigenvalue weighted by molar-refractivity contribution is 5.94. The summed E-state index contributed by atoms with van der Waals surface area (Å²) in [5.74, 6) is 0.781. The van der Waals surface area contributed by atoms with Gasteiger partial charge in [-0.15, -0.1) is 0 Å². The van der Waals surface area contributed by atoms with Crippen LogP contribution in [0.3, 0.4) is 0 Å². The van der Waals surface area contributed by atoms with E-state index < -0.39 is 0 Å². The molecule has 0 radical (unpaired) electrons. The molecule has 4 nitrogen and oxygen atoms in total. The van der Waals surface area contributed by atoms with Gasteiger partial charge in [-0.25, -0.2) is 0 Å². The van der Waals surface area contributed by atoms with Crippen molar-refractivity contribution in [3.05, 3.63) is 59.7 Å². The molecule has 3 rings (SSSR count). The first kappa shape index (κ1) is 18.3. The van der Waals surface area contributed by atoms with Crippen LogP contribution in [0.15, 0.2) is 48.5 Å². The highest BCUT2D eigenvalue weighted by Crippen LogP contribution is 2.20. The SMILES string of the molecule is CC(C)Oc1cccc(CNC(=O)c2ccc(N3CCCCC3)cc2)c1. The fourth-order valence-electron chi connectivity index (χ4n) is 3.26. The number of hydrogen-bond donors (Lipinski definition) is 1. The van der Waals surface area contributed by atoms with Crippen LogP contribution >= 0.6 is 0 Å². The Hall–Kier alpha value is -2.49. The summed E-state index contributed by atoms with van der Waals surface area (Å²) in [4.78, 5) is 14.8. The van der Waals surface area contributed by atoms with Crippen molar-refractivity contribution in [2.45, 2.75) is 45.8 Å². The van der Waals surface area contributed by atoms with Crippen LogP contribution in [0, 0.1) is 0 Å². The van der Waals surface area contributed by atoms with Crippen molar-refractivity contribution in [2.24, 2.45) is 0 Å². The number of piperidine rings is 1. The maximum Gasteiger partial charge on any atom is 0.251 e. The van der Waals surface area contributed by atoms with Crippen molar-refractivity contribution in [1.82, 2.24) is 5.32 Å². The van der Waals surface area contributed by atoms with Crippen LogP contribution in [0.4, 0.5) is 5.69 Å². The Morgan fingerprint density at radius 1 is 1.08 bits per heavy atom. The Morgan fingerprint density at radius 3 is 2.50 bits per heavy atom. The minimum Gasteiger partial charge on any atom is -0.491 e. The Bertz CT molecular complexity index is 719. The van der Waals surface area contributed by atoms with Crippen molar-refractivity contribution in [2.75, 3.05) is 18.0 Å². The molecule has 0 aromatic heterocycles. The molecule has 1 heterocycles. The van der Waals surface area contributed by atoms with Crippen LogP contribution in [-0.4, -0.2) is 25.1 Å². The molecule has 0 unspecified atom stereocenters. The summed E-state index contributed by atoms with van der Waals surface area (Å²) in [6, 6.07) is 15.8. The molecule has 1 aliphatic heterocycles. The van der Waals surface area contributed by atoms with Crippen LogP contribution in [0.2, 0.25) is 0 Å². The Morgan fingerprint density at radius 2 is 1.81 bits per heavy atom. The van der Waals surface area contributed by atoms with Gasteiger partial charge in [0.2, 0.25) is 0 Å². The number of benzene rings is 2. The summed E-state index contributed by atoms with van der Waals surface area (Å²) in [6.07, 6.45) is 3.96. The second kappa shape index (κ2) is 8.75. The van der Waals surface area contributed by atoms with Crippen molar-refractivity contribution >= 4 is 11.6 Å². The lowest BCUT2D eigenvalue weighted by molar-refractivity contribution is 0.0951. The number of ether oxygens (including phenoxy) is 1. The number of amides is 1. The normalized spacial score (nSPS) is 14.3. The lowest BCUT2D eigenvalue weighted by Gasteiger charge is -2.28. The summed E-state index contributed by atoms with van der Waals surface area (Å²) >= 11 is 0. The number of hydrogen-bond acceptors (Lipinski definition) is 3. The largest absolute Gasteiger partial charge is 0.491 e. The van der Waals surface area contributed by atoms with Gasteiger partial charge >= 0.3 is 0 Å². The van der Waals surface area contributed by atoms with Gasteiger partial charge in [0, 0.05) is 30.9 Å². The molecule has 0 spiro atoms. The second-order valence-corrected chi connectivity index (χ2v) is 7.09. The van der Waals surface area contributed by atoms with Crippen LogP contribution in [0.1, 0.15) is 49.0 Å². The fraction of sp³-hybridized carbons (Fsp3) is 0.409. The zero-order valence-electron chi connectivity index (χ0n) is 15.7. The highest BCUT2D eigenvalue weighted by atomic mass is 16.5. The maximum atomic E-state index is 12.4. The summed E-state index contributed by atoms with van der Waals surface area (Å²) in [5.41, 5.74) is 2.93. The zero-order valence-corrected chi connectivity index (χ0v) is 15.7. The van der Waals surface area contributed by atoms with Crippen LogP contribution in [-0.2, 0) is 6.54 Å². The van der Waals surface area contributed by atoms with E-state index in [1.165, 1.54) is 24.9 Å². The quantitative estimate of drug-likeness (QED) is 0.838. The number of carbonyl (C=O) groups excluding carboxylic acids is 1. The molecule has 26 heavy (non-hydrogen) atoms. The van der Waals surface area contributed by atoms with Crippen molar-refractivity contribution in [3.8, 4) is 5.75 Å². The Balaban J connectivity index is 1.56. The number of anilines is 1. The molecule has 1 amide bonds. The van der Waals surface area contributed by atoms with E-state index in [1.807, 2.05) is 50.2 Å². The topological polar surface area (TPSA) is 41.6 Å². The summed E-state index contributed by atoms with van der Waals surface area (Å²) in [6.45, 7) is 6.71. The van der Waals surface area contributed by atoms with Gasteiger partial charge < -0.3 is 15.0 Å². The van der Waals surface area contributed by atoms with Gasteiger partial charge in [0.25, 0.3) is 5.91 Å². The third-order valence-corrected chi connectivity index (χ3v) is 4.57. The number of rotatable bonds is 6. The molecule has 138 valence electrons. The molecular weight excluding hydrogens is 324 g/mol. The molecular formula is C22H28N2O2. The van der Waals surface area contributed by atoms with E-state index >= 15 is 0 Å². The zero-order chi connectivity index (χ0) is 18.4. The van der Waals surface area contributed by atoms with Crippen LogP contribution in [0.5, 0.6) is 5.75 Å². The van der Waals surface area contributed by atoms with E-state index in [9.17, 15) is 4.79 Å². The van der Waals surface area contributed by atoms with E-state index in [0.29, 0.717) is 12.1 Å². The molecule has 0 atom stereocenters. The molecule has 1 fully saturated rings. The average Bonchev–Trinajstić information content (AvgIpc) is 2.67. The van der Waals surface area contributed by atoms with Crippen molar-refractivity contribution in [1.29, 1.82) is 0 Å². The number of nitrogens with one attached hydrogen (secondary N) is 1. The Kier molecular flexibility index (Phi) is 6.16. The summed E-state index contributed by atoms with van der Waals surface area (Å²) in [5, 5.41) is 2.99. The van der Waals surface area contributed by atoms with E-state index in [0.717, 1.165) is 24.4 Å². The standard InChI is InChI=1S/C22H28N2O2/c1-17(2)26-21-8-6-7-18(15-21)16-23-22(25)19-9-11-20(12-10-19)24-13-4-3-5-14-24/h6-12,15,17H,3-5,13-14,16H2,1-2H3,(H,23,25). The Labute approximate surface area is 156 Å². The molecule has 4 heteroatoms. The van der Waals surface area contributed by atoms with Crippen molar-refractivity contribution < 1.29 is 9.53 Å². The lowest BCUT2D eigenvalue weighted by Crippen LogP contribution is -2.29. The van der Waals surface area contributed by atoms with Gasteiger partial charge in [-0.2, -0.15) is 0 Å². The monoisotopic (exact) mass is 352 g/mol. The molecule has 0 aliphatic carbocycles. The third kappa shape index (κ3) is 5.01. The first-order valence-electron chi connectivity index (χ1n) is 9.50. The maximum absolute atomic E-state index is 12.4. The molecule has 2 aromatic carbocycles. The predicted octanol–water partition coefficient (Wildman–Crippen LogP) is 4.39. The molecule has 1 N–H and O–H groups in total. The third-order valence-electron chi connectivity index (χ3n) is 4.57. The van der Waals surface area contributed by atoms with Gasteiger partial charge in [0.05, 0.1) is 6.10 Å². The highest BCUT2D eigenvalue weighted by Gasteiger charge is 2.12. The van der Waals surface area contributed by atoms with Crippen LogP contribution < -0.4 is 15.0 Å². The second-order valence-electron chi connectivity index (χ2n) is 7.09. The molecule has 0 saturated carbocycles. The smallest absolute Gasteiger partial charge is 0.251 e. The van der Waals surface area contributed by atoms with Gasteiger partial charge in [-0.3, -0.25) is 4.79 Å². The summed E-state index contributed by atoms with van der Waals surface area (Å²) in [7, 11) is 0. The lowest BCUT2D eigenvalue weighted by atomic mass is 10.1. The minimum absolute atomic E-state index is 0.0506. The summed E-state index contributed by atoms with van der Waals surface area (Å²) < 4.78 is 5.70. The van der Waals surface area contributed by atoms with E-state index in [4.69, 9.17) is 4.74 Å². The van der Waals surface area contributed by atoms with Gasteiger partial charge in [0.15, 0.2) is 0 Å². The van der Waals surface area contributed by atoms with Crippen LogP contribution in [0.25, 0.3) is 0 Å². The van der Waals surface area contributed by atoms with E-state index in [-0.39, 0.29) is 12.0 Å². The average molecular weight is 352 g/mol. The molecule has 1 aliphatic rings. The van der Waals surface area contributed by atoms with Gasteiger partial charge in [-0.05, 0) is 75.1 Å². The molecule has 0 bridgehead atoms. The molecule has 1 saturated heterocycles. The number of carbonyl (C=O) groups is 1. The van der Waals surface area contributed by atoms with Gasteiger partial charge in [0.1, 0.15) is 5.75 Å². The fourth-order valence-corrected chi connectivity index (χ4v) is 3.26. The van der Waals surface area contributed by atoms with E-state index in [2.05, 4.69) is 22.3 Å². The molecule has 2 aromatic rings. The van der Waals surface area contributed by atoms with Gasteiger partial charge in [-0.1, -0.05) is 12.1 Å². The van der Waals surface area contributed by atoms with Crippen molar-refractivity contribution in [3.63, 3.8) is 0 Å².